The summed E-state index contributed by atoms with van der Waals surface area (Å²) in [4.78, 5) is 8.55. The highest BCUT2D eigenvalue weighted by Gasteiger charge is 2.13. The molecule has 0 atom stereocenters. The Morgan fingerprint density at radius 1 is 1.24 bits per heavy atom. The van der Waals surface area contributed by atoms with Crippen LogP contribution in [0.3, 0.4) is 0 Å². The molecule has 2 heterocycles. The molecule has 0 aliphatic rings. The number of nitrogens with one attached hydrogen (secondary N) is 1. The summed E-state index contributed by atoms with van der Waals surface area (Å²) < 4.78 is 0. The Hall–Kier alpha value is -1.39. The molecule has 0 aliphatic heterocycles. The van der Waals surface area contributed by atoms with Crippen LogP contribution in [-0.2, 0) is 13.1 Å². The van der Waals surface area contributed by atoms with E-state index in [9.17, 15) is 0 Å². The Labute approximate surface area is 132 Å². The molecule has 0 saturated carbocycles. The number of thiophene rings is 1. The van der Waals surface area contributed by atoms with Gasteiger partial charge in [-0.1, -0.05) is 19.1 Å². The number of anilines is 1. The minimum Gasteiger partial charge on any atom is -0.349 e. The molecule has 114 valence electrons. The molecule has 21 heavy (non-hydrogen) atoms. The van der Waals surface area contributed by atoms with E-state index in [1.54, 1.807) is 11.3 Å². The van der Waals surface area contributed by atoms with Crippen LogP contribution in [0.5, 0.6) is 0 Å². The van der Waals surface area contributed by atoms with E-state index in [1.807, 2.05) is 0 Å². The van der Waals surface area contributed by atoms with Crippen LogP contribution < -0.4 is 10.2 Å². The van der Waals surface area contributed by atoms with Crippen molar-refractivity contribution in [2.45, 2.75) is 46.3 Å². The summed E-state index contributed by atoms with van der Waals surface area (Å²) in [5.41, 5.74) is 1.11. The van der Waals surface area contributed by atoms with Crippen molar-refractivity contribution < 1.29 is 0 Å². The molecule has 0 unspecified atom stereocenters. The quantitative estimate of drug-likeness (QED) is 0.745. The second kappa shape index (κ2) is 8.15. The number of hydrogen-bond acceptors (Lipinski definition) is 4. The first-order valence-corrected chi connectivity index (χ1v) is 8.54. The molecule has 0 amide bonds. The summed E-state index contributed by atoms with van der Waals surface area (Å²) in [6.07, 6.45) is 1.15. The maximum atomic E-state index is 4.81. The van der Waals surface area contributed by atoms with Crippen LogP contribution >= 0.6 is 11.3 Å². The molecule has 2 aromatic heterocycles. The van der Waals surface area contributed by atoms with E-state index in [0.29, 0.717) is 6.04 Å². The van der Waals surface area contributed by atoms with Gasteiger partial charge < -0.3 is 10.2 Å². The summed E-state index contributed by atoms with van der Waals surface area (Å²) in [6, 6.07) is 11.0. The van der Waals surface area contributed by atoms with Crippen LogP contribution in [0.15, 0.2) is 35.7 Å². The molecule has 0 aliphatic carbocycles. The van der Waals surface area contributed by atoms with Crippen LogP contribution in [0.2, 0.25) is 0 Å². The Balaban J connectivity index is 2.10. The van der Waals surface area contributed by atoms with Gasteiger partial charge in [-0.05, 0) is 50.4 Å². The summed E-state index contributed by atoms with van der Waals surface area (Å²) in [5, 5.41) is 5.54. The zero-order chi connectivity index (χ0) is 15.1. The van der Waals surface area contributed by atoms with Crippen molar-refractivity contribution in [2.75, 3.05) is 11.4 Å². The van der Waals surface area contributed by atoms with Gasteiger partial charge in [0.1, 0.15) is 5.82 Å². The highest BCUT2D eigenvalue weighted by Crippen LogP contribution is 2.20. The number of nitrogens with zero attached hydrogens (tertiary/aromatic N) is 2. The van der Waals surface area contributed by atoms with Gasteiger partial charge in [-0.15, -0.1) is 11.3 Å². The van der Waals surface area contributed by atoms with Crippen LogP contribution in [0.4, 0.5) is 5.82 Å². The zero-order valence-electron chi connectivity index (χ0n) is 13.2. The van der Waals surface area contributed by atoms with E-state index in [-0.39, 0.29) is 0 Å². The third kappa shape index (κ3) is 4.83. The fraction of sp³-hybridized carbons (Fsp3) is 0.471. The highest BCUT2D eigenvalue weighted by molar-refractivity contribution is 7.09. The minimum absolute atomic E-state index is 0.429. The van der Waals surface area contributed by atoms with Crippen LogP contribution in [0.1, 0.15) is 37.8 Å². The van der Waals surface area contributed by atoms with Crippen molar-refractivity contribution in [3.63, 3.8) is 0 Å². The average Bonchev–Trinajstić information content (AvgIpc) is 2.98. The lowest BCUT2D eigenvalue weighted by atomic mass is 10.2. The molecule has 0 saturated heterocycles. The third-order valence-electron chi connectivity index (χ3n) is 3.35. The molecule has 0 fully saturated rings. The van der Waals surface area contributed by atoms with Gasteiger partial charge in [-0.2, -0.15) is 0 Å². The Morgan fingerprint density at radius 3 is 2.76 bits per heavy atom. The molecule has 0 aromatic carbocycles. The van der Waals surface area contributed by atoms with Gasteiger partial charge in [0, 0.05) is 17.5 Å². The standard InChI is InChI=1S/C17H25N3S/c1-4-10-18-12-15-7-5-9-17(19-15)20(14(2)3)13-16-8-6-11-21-16/h5-9,11,14,18H,4,10,12-13H2,1-3H3. The maximum Gasteiger partial charge on any atom is 0.129 e. The predicted octanol–water partition coefficient (Wildman–Crippen LogP) is 4.06. The van der Waals surface area contributed by atoms with Crippen molar-refractivity contribution >= 4 is 17.2 Å². The molecule has 0 bridgehead atoms. The lowest BCUT2D eigenvalue weighted by molar-refractivity contribution is 0.651. The van der Waals surface area contributed by atoms with E-state index in [1.165, 1.54) is 4.88 Å². The average molecular weight is 303 g/mol. The first-order chi connectivity index (χ1) is 10.2. The number of hydrogen-bond donors (Lipinski definition) is 1. The fourth-order valence-corrected chi connectivity index (χ4v) is 2.92. The molecule has 2 aromatic rings. The van der Waals surface area contributed by atoms with Gasteiger partial charge in [0.25, 0.3) is 0 Å². The van der Waals surface area contributed by atoms with E-state index < -0.39 is 0 Å². The Kier molecular flexibility index (Phi) is 6.21. The first-order valence-electron chi connectivity index (χ1n) is 7.66. The van der Waals surface area contributed by atoms with Crippen molar-refractivity contribution in [3.05, 3.63) is 46.3 Å². The van der Waals surface area contributed by atoms with Gasteiger partial charge in [0.05, 0.1) is 12.2 Å². The van der Waals surface area contributed by atoms with Crippen LogP contribution in [0, 0.1) is 0 Å². The molecule has 3 nitrogen and oxygen atoms in total. The number of rotatable bonds is 8. The van der Waals surface area contributed by atoms with Crippen molar-refractivity contribution in [2.24, 2.45) is 0 Å². The lowest BCUT2D eigenvalue weighted by Crippen LogP contribution is -2.31. The SMILES string of the molecule is CCCNCc1cccc(N(Cc2cccs2)C(C)C)n1. The lowest BCUT2D eigenvalue weighted by Gasteiger charge is -2.27. The topological polar surface area (TPSA) is 28.2 Å². The van der Waals surface area contributed by atoms with Crippen molar-refractivity contribution in [3.8, 4) is 0 Å². The molecule has 2 rings (SSSR count). The predicted molar refractivity (Wildman–Crippen MR) is 91.9 cm³/mol. The first kappa shape index (κ1) is 16.0. The molecule has 1 N–H and O–H groups in total. The molecule has 4 heteroatoms. The van der Waals surface area contributed by atoms with Crippen LogP contribution in [0.25, 0.3) is 0 Å². The van der Waals surface area contributed by atoms with E-state index in [0.717, 1.165) is 37.6 Å². The second-order valence-corrected chi connectivity index (χ2v) is 6.50. The van der Waals surface area contributed by atoms with Gasteiger partial charge >= 0.3 is 0 Å². The minimum atomic E-state index is 0.429. The summed E-state index contributed by atoms with van der Waals surface area (Å²) in [5.74, 6) is 1.06. The molecule has 0 spiro atoms. The largest absolute Gasteiger partial charge is 0.349 e. The summed E-state index contributed by atoms with van der Waals surface area (Å²) >= 11 is 1.80. The molecular formula is C17H25N3S. The van der Waals surface area contributed by atoms with E-state index in [2.05, 4.69) is 66.7 Å². The Morgan fingerprint density at radius 2 is 2.10 bits per heavy atom. The van der Waals surface area contributed by atoms with Crippen molar-refractivity contribution in [1.29, 1.82) is 0 Å². The second-order valence-electron chi connectivity index (χ2n) is 5.46. The van der Waals surface area contributed by atoms with Gasteiger partial charge in [0.2, 0.25) is 0 Å². The fourth-order valence-electron chi connectivity index (χ4n) is 2.22. The van der Waals surface area contributed by atoms with Gasteiger partial charge in [-0.25, -0.2) is 4.98 Å². The normalized spacial score (nSPS) is 11.0. The Bertz CT molecular complexity index is 523. The van der Waals surface area contributed by atoms with E-state index in [4.69, 9.17) is 4.98 Å². The highest BCUT2D eigenvalue weighted by atomic mass is 32.1. The number of aromatic nitrogens is 1. The van der Waals surface area contributed by atoms with Gasteiger partial charge in [0.15, 0.2) is 0 Å². The smallest absolute Gasteiger partial charge is 0.129 e. The zero-order valence-corrected chi connectivity index (χ0v) is 14.0. The summed E-state index contributed by atoms with van der Waals surface area (Å²) in [7, 11) is 0. The summed E-state index contributed by atoms with van der Waals surface area (Å²) in [6.45, 7) is 9.42. The maximum absolute atomic E-state index is 4.81. The van der Waals surface area contributed by atoms with E-state index >= 15 is 0 Å². The molecule has 0 radical (unpaired) electrons. The van der Waals surface area contributed by atoms with Gasteiger partial charge in [-0.3, -0.25) is 0 Å². The third-order valence-corrected chi connectivity index (χ3v) is 4.21. The monoisotopic (exact) mass is 303 g/mol. The molecular weight excluding hydrogens is 278 g/mol. The number of pyridine rings is 1. The van der Waals surface area contributed by atoms with Crippen LogP contribution in [-0.4, -0.2) is 17.6 Å². The van der Waals surface area contributed by atoms with Crippen molar-refractivity contribution in [1.82, 2.24) is 10.3 Å².